The van der Waals surface area contributed by atoms with E-state index in [4.69, 9.17) is 0 Å². The van der Waals surface area contributed by atoms with E-state index in [0.29, 0.717) is 0 Å². The summed E-state index contributed by atoms with van der Waals surface area (Å²) in [6, 6.07) is 0. The first-order chi connectivity index (χ1) is 6.00. The van der Waals surface area contributed by atoms with Crippen LogP contribution in [0.3, 0.4) is 0 Å². The summed E-state index contributed by atoms with van der Waals surface area (Å²) in [4.78, 5) is 0. The molecule has 0 aromatic heterocycles. The lowest BCUT2D eigenvalue weighted by Gasteiger charge is -2.09. The van der Waals surface area contributed by atoms with E-state index in [1.54, 1.807) is 0 Å². The molecule has 0 unspecified atom stereocenters. The fourth-order valence-electron chi connectivity index (χ4n) is 0.693. The van der Waals surface area contributed by atoms with Crippen LogP contribution in [-0.4, -0.2) is 37.7 Å². The molecular weight excluding hydrogens is 168 g/mol. The minimum Gasteiger partial charge on any atom is -0.317 e. The van der Waals surface area contributed by atoms with Crippen molar-refractivity contribution in [3.8, 4) is 0 Å². The second-order valence-corrected chi connectivity index (χ2v) is 3.69. The van der Waals surface area contributed by atoms with Crippen LogP contribution >= 0.6 is 11.8 Å². The van der Waals surface area contributed by atoms with Gasteiger partial charge in [0.25, 0.3) is 0 Å². The fraction of sp³-hybridized carbons (Fsp3) is 1.00. The van der Waals surface area contributed by atoms with E-state index in [9.17, 15) is 0 Å². The van der Waals surface area contributed by atoms with Gasteiger partial charge in [-0.1, -0.05) is 13.8 Å². The van der Waals surface area contributed by atoms with Crippen molar-refractivity contribution in [2.24, 2.45) is 0 Å². The molecule has 0 radical (unpaired) electrons. The fourth-order valence-corrected chi connectivity index (χ4v) is 1.47. The van der Waals surface area contributed by atoms with Crippen molar-refractivity contribution >= 4 is 11.8 Å². The monoisotopic (exact) mass is 190 g/mol. The summed E-state index contributed by atoms with van der Waals surface area (Å²) >= 11 is 2.03. The quantitative estimate of drug-likeness (QED) is 0.602. The zero-order valence-corrected chi connectivity index (χ0v) is 9.17. The van der Waals surface area contributed by atoms with Gasteiger partial charge >= 0.3 is 0 Å². The summed E-state index contributed by atoms with van der Waals surface area (Å²) in [5.74, 6) is 2.61. The lowest BCUT2D eigenvalue weighted by atomic mass is 10.3. The highest BCUT2D eigenvalue weighted by molar-refractivity contribution is 7.99. The van der Waals surface area contributed by atoms with Crippen molar-refractivity contribution in [1.29, 1.82) is 0 Å². The van der Waals surface area contributed by atoms with Crippen LogP contribution in [0.1, 0.15) is 20.3 Å². The highest BCUT2D eigenvalue weighted by Gasteiger charge is 1.93. The van der Waals surface area contributed by atoms with E-state index in [1.807, 2.05) is 25.6 Å². The first kappa shape index (κ1) is 12.3. The Bertz CT molecular complexity index is 55.4. The Labute approximate surface area is 80.9 Å². The predicted octanol–water partition coefficient (Wildman–Crippen LogP) is 1.33. The molecule has 3 heteroatoms. The van der Waals surface area contributed by atoms with E-state index in [1.165, 1.54) is 44.1 Å². The molecule has 0 saturated carbocycles. The molecule has 2 nitrogen and oxygen atoms in total. The van der Waals surface area contributed by atoms with Crippen LogP contribution in [0.15, 0.2) is 0 Å². The molecule has 2 N–H and O–H groups in total. The van der Waals surface area contributed by atoms with Crippen LogP contribution in [0.25, 0.3) is 0 Å². The second kappa shape index (κ2) is 11.3. The molecule has 2 fully saturated rings. The third-order valence-corrected chi connectivity index (χ3v) is 2.54. The zero-order chi connectivity index (χ0) is 9.07. The topological polar surface area (TPSA) is 24.1 Å². The molecule has 2 aliphatic heterocycles. The first-order valence-electron chi connectivity index (χ1n) is 4.99. The summed E-state index contributed by atoms with van der Waals surface area (Å²) in [6.45, 7) is 8.93. The Morgan fingerprint density at radius 3 is 1.33 bits per heavy atom. The maximum Gasteiger partial charge on any atom is 0.00585 e. The number of thioether (sulfide) groups is 1. The molecule has 0 spiro atoms. The standard InChI is InChI=1S/C4H9NS.C3H7N.C2H6/c1-3-6-4-2-5-1;1-2-4-3-1;1-2/h5H,1-4H2;4H,1-3H2;1-2H3. The minimum atomic E-state index is 1.21. The third kappa shape index (κ3) is 8.37. The molecule has 12 heavy (non-hydrogen) atoms. The maximum atomic E-state index is 3.26. The largest absolute Gasteiger partial charge is 0.317 e. The van der Waals surface area contributed by atoms with Crippen LogP contribution in [0.4, 0.5) is 0 Å². The number of rotatable bonds is 0. The molecule has 0 atom stereocenters. The normalized spacial score (nSPS) is 20.5. The summed E-state index contributed by atoms with van der Waals surface area (Å²) < 4.78 is 0. The molecule has 0 aromatic rings. The van der Waals surface area contributed by atoms with Gasteiger partial charge in [0.05, 0.1) is 0 Å². The van der Waals surface area contributed by atoms with Crippen molar-refractivity contribution < 1.29 is 0 Å². The molecule has 2 heterocycles. The highest BCUT2D eigenvalue weighted by Crippen LogP contribution is 1.99. The van der Waals surface area contributed by atoms with Crippen LogP contribution < -0.4 is 10.6 Å². The maximum absolute atomic E-state index is 3.26. The number of hydrogen-bond donors (Lipinski definition) is 2. The van der Waals surface area contributed by atoms with Crippen LogP contribution in [-0.2, 0) is 0 Å². The Morgan fingerprint density at radius 1 is 0.833 bits per heavy atom. The van der Waals surface area contributed by atoms with Gasteiger partial charge in [0.2, 0.25) is 0 Å². The van der Waals surface area contributed by atoms with E-state index in [-0.39, 0.29) is 0 Å². The van der Waals surface area contributed by atoms with E-state index in [2.05, 4.69) is 10.6 Å². The highest BCUT2D eigenvalue weighted by atomic mass is 32.2. The smallest absolute Gasteiger partial charge is 0.00585 e. The van der Waals surface area contributed by atoms with Crippen molar-refractivity contribution in [1.82, 2.24) is 10.6 Å². The zero-order valence-electron chi connectivity index (χ0n) is 8.36. The third-order valence-electron chi connectivity index (χ3n) is 1.55. The van der Waals surface area contributed by atoms with Gasteiger partial charge in [-0.15, -0.1) is 0 Å². The molecule has 0 bridgehead atoms. The van der Waals surface area contributed by atoms with Crippen LogP contribution in [0.2, 0.25) is 0 Å². The second-order valence-electron chi connectivity index (χ2n) is 2.47. The Kier molecular flexibility index (Phi) is 11.5. The number of hydrogen-bond acceptors (Lipinski definition) is 3. The van der Waals surface area contributed by atoms with E-state index < -0.39 is 0 Å². The van der Waals surface area contributed by atoms with Crippen molar-refractivity contribution in [2.75, 3.05) is 37.7 Å². The SMILES string of the molecule is C1CNC1.C1CSCCN1.CC. The van der Waals surface area contributed by atoms with Crippen molar-refractivity contribution in [3.05, 3.63) is 0 Å². The lowest BCUT2D eigenvalue weighted by Crippen LogP contribution is -2.29. The Hall–Kier alpha value is 0.270. The average Bonchev–Trinajstić information content (AvgIpc) is 2.08. The lowest BCUT2D eigenvalue weighted by molar-refractivity contribution is 0.527. The van der Waals surface area contributed by atoms with Crippen LogP contribution in [0, 0.1) is 0 Å². The van der Waals surface area contributed by atoms with Gasteiger partial charge in [0.1, 0.15) is 0 Å². The van der Waals surface area contributed by atoms with Gasteiger partial charge in [-0.25, -0.2) is 0 Å². The summed E-state index contributed by atoms with van der Waals surface area (Å²) in [6.07, 6.45) is 1.39. The van der Waals surface area contributed by atoms with Crippen molar-refractivity contribution in [3.63, 3.8) is 0 Å². The van der Waals surface area contributed by atoms with Gasteiger partial charge in [0.15, 0.2) is 0 Å². The summed E-state index contributed by atoms with van der Waals surface area (Å²) in [5, 5.41) is 6.38. The minimum absolute atomic E-state index is 1.21. The molecular formula is C9H22N2S. The molecule has 0 amide bonds. The summed E-state index contributed by atoms with van der Waals surface area (Å²) in [7, 11) is 0. The van der Waals surface area contributed by atoms with Gasteiger partial charge in [0, 0.05) is 24.6 Å². The molecule has 0 aromatic carbocycles. The molecule has 0 aliphatic carbocycles. The molecule has 74 valence electrons. The van der Waals surface area contributed by atoms with Gasteiger partial charge in [-0.3, -0.25) is 0 Å². The van der Waals surface area contributed by atoms with E-state index >= 15 is 0 Å². The Balaban J connectivity index is 0.000000176. The predicted molar refractivity (Wildman–Crippen MR) is 59.0 cm³/mol. The molecule has 2 saturated heterocycles. The van der Waals surface area contributed by atoms with Crippen LogP contribution in [0.5, 0.6) is 0 Å². The Morgan fingerprint density at radius 2 is 1.25 bits per heavy atom. The first-order valence-corrected chi connectivity index (χ1v) is 6.15. The van der Waals surface area contributed by atoms with Gasteiger partial charge in [-0.2, -0.15) is 11.8 Å². The average molecular weight is 190 g/mol. The van der Waals surface area contributed by atoms with Gasteiger partial charge < -0.3 is 10.6 Å². The summed E-state index contributed by atoms with van der Waals surface area (Å²) in [5.41, 5.74) is 0. The van der Waals surface area contributed by atoms with E-state index in [0.717, 1.165) is 0 Å². The molecule has 2 rings (SSSR count). The number of nitrogens with one attached hydrogen (secondary N) is 2. The van der Waals surface area contributed by atoms with Gasteiger partial charge in [-0.05, 0) is 19.5 Å². The molecule has 2 aliphatic rings. The van der Waals surface area contributed by atoms with Crippen molar-refractivity contribution in [2.45, 2.75) is 20.3 Å².